The number of aryl methyl sites for hydroxylation is 1. The van der Waals surface area contributed by atoms with Crippen LogP contribution in [-0.4, -0.2) is 19.8 Å². The van der Waals surface area contributed by atoms with Gasteiger partial charge in [0.2, 0.25) is 5.75 Å². The fraction of sp³-hybridized carbons (Fsp3) is 0.286. The predicted molar refractivity (Wildman–Crippen MR) is 51.5 cm³/mol. The van der Waals surface area contributed by atoms with Crippen molar-refractivity contribution in [3.05, 3.63) is 22.1 Å². The first kappa shape index (κ1) is 13.8. The first-order chi connectivity index (χ1) is 7.50. The van der Waals surface area contributed by atoms with Gasteiger partial charge in [0.05, 0.1) is 0 Å². The van der Waals surface area contributed by atoms with Gasteiger partial charge in [0.1, 0.15) is 4.90 Å². The molecule has 0 atom stereocenters. The summed E-state index contributed by atoms with van der Waals surface area (Å²) in [6.45, 7) is 1.28. The summed E-state index contributed by atoms with van der Waals surface area (Å²) in [5.74, 6) is -1.40. The summed E-state index contributed by atoms with van der Waals surface area (Å²) in [6.07, 6.45) is -5.20. The molecule has 1 N–H and O–H groups in total. The molecule has 0 spiro atoms. The Balaban J connectivity index is 3.53. The summed E-state index contributed by atoms with van der Waals surface area (Å²) in [6, 6.07) is 0.769. The molecule has 1 heterocycles. The molecule has 0 fully saturated rings. The van der Waals surface area contributed by atoms with Crippen molar-refractivity contribution in [1.82, 2.24) is 4.98 Å². The maximum Gasteiger partial charge on any atom is 0.573 e. The lowest BCUT2D eigenvalue weighted by Crippen LogP contribution is -2.24. The van der Waals surface area contributed by atoms with Crippen LogP contribution in [0.3, 0.4) is 0 Å². The molecule has 0 radical (unpaired) electrons. The van der Waals surface area contributed by atoms with Gasteiger partial charge in [-0.15, -0.1) is 13.2 Å². The largest absolute Gasteiger partial charge is 0.573 e. The van der Waals surface area contributed by atoms with Gasteiger partial charge in [0.25, 0.3) is 14.6 Å². The summed E-state index contributed by atoms with van der Waals surface area (Å²) in [5, 5.41) is 0. The van der Waals surface area contributed by atoms with Crippen LogP contribution in [0.15, 0.2) is 15.8 Å². The summed E-state index contributed by atoms with van der Waals surface area (Å²) in [5.41, 5.74) is -1.30. The predicted octanol–water partition coefficient (Wildman–Crippen LogP) is 1.51. The number of halogens is 4. The molecular formula is C7H5ClF3NO4S. The van der Waals surface area contributed by atoms with E-state index in [-0.39, 0.29) is 5.69 Å². The Hall–Kier alpha value is -1.22. The highest BCUT2D eigenvalue weighted by Crippen LogP contribution is 2.28. The van der Waals surface area contributed by atoms with Gasteiger partial charge in [-0.25, -0.2) is 8.42 Å². The molecule has 0 unspecified atom stereocenters. The van der Waals surface area contributed by atoms with Crippen molar-refractivity contribution in [2.24, 2.45) is 0 Å². The van der Waals surface area contributed by atoms with Crippen LogP contribution in [0.25, 0.3) is 0 Å². The van der Waals surface area contributed by atoms with Gasteiger partial charge in [0, 0.05) is 16.4 Å². The Morgan fingerprint density at radius 3 is 2.35 bits per heavy atom. The number of H-pyrrole nitrogens is 1. The van der Waals surface area contributed by atoms with Gasteiger partial charge in [-0.05, 0) is 13.0 Å². The number of hydrogen-bond acceptors (Lipinski definition) is 4. The van der Waals surface area contributed by atoms with Crippen molar-refractivity contribution in [3.8, 4) is 5.75 Å². The Labute approximate surface area is 97.6 Å². The summed E-state index contributed by atoms with van der Waals surface area (Å²) in [7, 11) is 0.385. The van der Waals surface area contributed by atoms with Gasteiger partial charge in [0.15, 0.2) is 0 Å². The highest BCUT2D eigenvalue weighted by atomic mass is 35.7. The molecule has 1 aromatic rings. The molecule has 1 rings (SSSR count). The van der Waals surface area contributed by atoms with Crippen LogP contribution in [0.1, 0.15) is 5.69 Å². The summed E-state index contributed by atoms with van der Waals surface area (Å²) in [4.78, 5) is 12.1. The normalized spacial score (nSPS) is 12.5. The molecule has 0 aromatic carbocycles. The number of pyridine rings is 1. The highest BCUT2D eigenvalue weighted by Gasteiger charge is 2.35. The van der Waals surface area contributed by atoms with Crippen LogP contribution in [0, 0.1) is 6.92 Å². The molecule has 0 aliphatic heterocycles. The van der Waals surface area contributed by atoms with Crippen LogP contribution in [0.2, 0.25) is 0 Å². The number of rotatable bonds is 2. The van der Waals surface area contributed by atoms with E-state index in [2.05, 4.69) is 4.74 Å². The molecule has 0 aliphatic rings. The molecule has 0 amide bonds. The van der Waals surface area contributed by atoms with Gasteiger partial charge in [-0.3, -0.25) is 4.79 Å². The van der Waals surface area contributed by atoms with Crippen molar-refractivity contribution in [1.29, 1.82) is 0 Å². The molecule has 0 saturated carbocycles. The van der Waals surface area contributed by atoms with E-state index in [1.54, 1.807) is 0 Å². The molecule has 17 heavy (non-hydrogen) atoms. The Morgan fingerprint density at radius 1 is 1.41 bits per heavy atom. The maximum absolute atomic E-state index is 12.0. The van der Waals surface area contributed by atoms with Gasteiger partial charge >= 0.3 is 6.36 Å². The smallest absolute Gasteiger partial charge is 0.398 e. The van der Waals surface area contributed by atoms with E-state index in [1.165, 1.54) is 6.92 Å². The first-order valence-electron chi connectivity index (χ1n) is 3.95. The third kappa shape index (κ3) is 3.63. The van der Waals surface area contributed by atoms with Crippen molar-refractivity contribution in [2.45, 2.75) is 18.2 Å². The van der Waals surface area contributed by atoms with Crippen molar-refractivity contribution < 1.29 is 26.3 Å². The SMILES string of the molecule is Cc1cc(S(=O)(=O)Cl)c(OC(F)(F)F)c(=O)[nH]1. The molecule has 96 valence electrons. The minimum absolute atomic E-state index is 0.0312. The number of alkyl halides is 3. The van der Waals surface area contributed by atoms with E-state index in [0.29, 0.717) is 0 Å². The number of ether oxygens (including phenoxy) is 1. The summed E-state index contributed by atoms with van der Waals surface area (Å²) >= 11 is 0. The van der Waals surface area contributed by atoms with E-state index >= 15 is 0 Å². The van der Waals surface area contributed by atoms with Crippen LogP contribution in [0.5, 0.6) is 5.75 Å². The lowest BCUT2D eigenvalue weighted by Gasteiger charge is -2.10. The van der Waals surface area contributed by atoms with E-state index in [4.69, 9.17) is 10.7 Å². The Morgan fingerprint density at radius 2 is 1.94 bits per heavy atom. The zero-order valence-electron chi connectivity index (χ0n) is 8.13. The monoisotopic (exact) mass is 291 g/mol. The lowest BCUT2D eigenvalue weighted by molar-refractivity contribution is -0.276. The second kappa shape index (κ2) is 4.22. The number of aromatic nitrogens is 1. The Bertz CT molecular complexity index is 592. The molecule has 1 aromatic heterocycles. The third-order valence-electron chi connectivity index (χ3n) is 1.57. The molecule has 0 saturated heterocycles. The molecular weight excluding hydrogens is 287 g/mol. The Kier molecular flexibility index (Phi) is 3.44. The lowest BCUT2D eigenvalue weighted by atomic mass is 10.3. The van der Waals surface area contributed by atoms with Crippen molar-refractivity contribution in [2.75, 3.05) is 0 Å². The number of hydrogen-bond donors (Lipinski definition) is 1. The zero-order valence-corrected chi connectivity index (χ0v) is 9.70. The minimum Gasteiger partial charge on any atom is -0.398 e. The number of nitrogens with one attached hydrogen (secondary N) is 1. The third-order valence-corrected chi connectivity index (χ3v) is 2.90. The van der Waals surface area contributed by atoms with Crippen LogP contribution in [0.4, 0.5) is 13.2 Å². The average molecular weight is 292 g/mol. The minimum atomic E-state index is -5.20. The molecule has 0 bridgehead atoms. The average Bonchev–Trinajstić information content (AvgIpc) is 2.05. The molecule has 5 nitrogen and oxygen atoms in total. The van der Waals surface area contributed by atoms with E-state index < -0.39 is 31.6 Å². The fourth-order valence-electron chi connectivity index (χ4n) is 1.04. The van der Waals surface area contributed by atoms with Crippen LogP contribution < -0.4 is 10.3 Å². The second-order valence-electron chi connectivity index (χ2n) is 2.96. The molecule has 0 aliphatic carbocycles. The highest BCUT2D eigenvalue weighted by molar-refractivity contribution is 8.13. The maximum atomic E-state index is 12.0. The second-order valence-corrected chi connectivity index (χ2v) is 5.49. The first-order valence-corrected chi connectivity index (χ1v) is 6.26. The van der Waals surface area contributed by atoms with Gasteiger partial charge in [-0.2, -0.15) is 0 Å². The zero-order chi connectivity index (χ0) is 13.4. The van der Waals surface area contributed by atoms with Gasteiger partial charge < -0.3 is 9.72 Å². The topological polar surface area (TPSA) is 76.2 Å². The van der Waals surface area contributed by atoms with E-state index in [0.717, 1.165) is 6.07 Å². The van der Waals surface area contributed by atoms with E-state index in [1.807, 2.05) is 4.98 Å². The quantitative estimate of drug-likeness (QED) is 0.838. The van der Waals surface area contributed by atoms with Crippen LogP contribution in [-0.2, 0) is 9.05 Å². The van der Waals surface area contributed by atoms with Crippen molar-refractivity contribution in [3.63, 3.8) is 0 Å². The molecule has 10 heteroatoms. The summed E-state index contributed by atoms with van der Waals surface area (Å²) < 4.78 is 61.3. The van der Waals surface area contributed by atoms with E-state index in [9.17, 15) is 26.4 Å². The fourth-order valence-corrected chi connectivity index (χ4v) is 2.06. The van der Waals surface area contributed by atoms with Crippen LogP contribution >= 0.6 is 10.7 Å². The standard InChI is InChI=1S/C7H5ClF3NO4S/c1-3-2-4(17(8,14)15)5(6(13)12-3)16-7(9,10)11/h2H,1H3,(H,12,13). The van der Waals surface area contributed by atoms with Gasteiger partial charge in [-0.1, -0.05) is 0 Å². The number of aromatic amines is 1. The van der Waals surface area contributed by atoms with Crippen molar-refractivity contribution >= 4 is 19.7 Å².